The van der Waals surface area contributed by atoms with Crippen LogP contribution in [0.4, 0.5) is 8.78 Å². The van der Waals surface area contributed by atoms with Gasteiger partial charge in [-0.1, -0.05) is 12.2 Å². The molecule has 0 aliphatic carbocycles. The quantitative estimate of drug-likeness (QED) is 0.645. The summed E-state index contributed by atoms with van der Waals surface area (Å²) in [5.41, 5.74) is 2.66. The van der Waals surface area contributed by atoms with E-state index in [4.69, 9.17) is 4.84 Å². The minimum Gasteiger partial charge on any atom is -0.370 e. The van der Waals surface area contributed by atoms with E-state index in [1.165, 1.54) is 6.08 Å². The molecular formula is C15H18F2N2O2. The van der Waals surface area contributed by atoms with E-state index < -0.39 is 11.6 Å². The lowest BCUT2D eigenvalue weighted by molar-refractivity contribution is -0.156. The maximum Gasteiger partial charge on any atom is 0.329 e. The second-order valence-electron chi connectivity index (χ2n) is 4.88. The Labute approximate surface area is 122 Å². The number of halogens is 2. The number of piperidine rings is 1. The highest BCUT2D eigenvalue weighted by Crippen LogP contribution is 2.12. The van der Waals surface area contributed by atoms with Gasteiger partial charge in [-0.15, -0.1) is 5.48 Å². The molecule has 0 saturated carbocycles. The molecule has 2 rings (SSSR count). The van der Waals surface area contributed by atoms with E-state index >= 15 is 0 Å². The molecule has 6 heteroatoms. The Hall–Kier alpha value is -1.79. The monoisotopic (exact) mass is 296 g/mol. The molecule has 0 bridgehead atoms. The predicted molar refractivity (Wildman–Crippen MR) is 75.1 cm³/mol. The SMILES string of the molecule is O=C(ONC/C=C/c1cc(F)ccc1F)C1CCCNC1. The Morgan fingerprint density at radius 3 is 3.10 bits per heavy atom. The molecule has 114 valence electrons. The Bertz CT molecular complexity index is 514. The number of hydrogen-bond acceptors (Lipinski definition) is 4. The summed E-state index contributed by atoms with van der Waals surface area (Å²) in [5, 5.41) is 3.13. The number of nitrogens with one attached hydrogen (secondary N) is 2. The zero-order valence-corrected chi connectivity index (χ0v) is 11.6. The van der Waals surface area contributed by atoms with Crippen molar-refractivity contribution in [3.8, 4) is 0 Å². The fourth-order valence-electron chi connectivity index (χ4n) is 2.13. The highest BCUT2D eigenvalue weighted by molar-refractivity contribution is 5.72. The van der Waals surface area contributed by atoms with Gasteiger partial charge in [-0.25, -0.2) is 8.78 Å². The molecule has 1 aliphatic rings. The van der Waals surface area contributed by atoms with Crippen LogP contribution in [-0.2, 0) is 9.63 Å². The molecule has 1 saturated heterocycles. The van der Waals surface area contributed by atoms with Gasteiger partial charge in [0.15, 0.2) is 0 Å². The zero-order chi connectivity index (χ0) is 15.1. The van der Waals surface area contributed by atoms with Gasteiger partial charge in [-0.05, 0) is 37.6 Å². The van der Waals surface area contributed by atoms with Crippen LogP contribution in [0.3, 0.4) is 0 Å². The molecule has 0 aromatic heterocycles. The van der Waals surface area contributed by atoms with E-state index in [1.807, 2.05) is 0 Å². The number of hydrogen-bond donors (Lipinski definition) is 2. The van der Waals surface area contributed by atoms with Crippen LogP contribution < -0.4 is 10.8 Å². The smallest absolute Gasteiger partial charge is 0.329 e. The van der Waals surface area contributed by atoms with Crippen molar-refractivity contribution in [1.29, 1.82) is 0 Å². The van der Waals surface area contributed by atoms with Crippen molar-refractivity contribution in [3.63, 3.8) is 0 Å². The molecule has 1 aromatic rings. The van der Waals surface area contributed by atoms with Crippen molar-refractivity contribution in [2.45, 2.75) is 12.8 Å². The molecule has 0 spiro atoms. The van der Waals surface area contributed by atoms with Crippen LogP contribution in [0.15, 0.2) is 24.3 Å². The van der Waals surface area contributed by atoms with Crippen LogP contribution in [0.25, 0.3) is 6.08 Å². The van der Waals surface area contributed by atoms with E-state index in [1.54, 1.807) is 6.08 Å². The van der Waals surface area contributed by atoms with Gasteiger partial charge in [0.25, 0.3) is 0 Å². The maximum absolute atomic E-state index is 13.3. The van der Waals surface area contributed by atoms with Gasteiger partial charge < -0.3 is 10.2 Å². The Morgan fingerprint density at radius 2 is 2.33 bits per heavy atom. The number of carbonyl (C=O) groups excluding carboxylic acids is 1. The Balaban J connectivity index is 1.72. The van der Waals surface area contributed by atoms with E-state index in [9.17, 15) is 13.6 Å². The van der Waals surface area contributed by atoms with Gasteiger partial charge >= 0.3 is 5.97 Å². The van der Waals surface area contributed by atoms with Crippen molar-refractivity contribution < 1.29 is 18.4 Å². The topological polar surface area (TPSA) is 50.4 Å². The zero-order valence-electron chi connectivity index (χ0n) is 11.6. The average Bonchev–Trinajstić information content (AvgIpc) is 2.51. The summed E-state index contributed by atoms with van der Waals surface area (Å²) in [5.74, 6) is -1.43. The minimum atomic E-state index is -0.502. The summed E-state index contributed by atoms with van der Waals surface area (Å²) in [6.07, 6.45) is 4.77. The molecule has 21 heavy (non-hydrogen) atoms. The largest absolute Gasteiger partial charge is 0.370 e. The first-order valence-electron chi connectivity index (χ1n) is 6.92. The number of hydroxylamine groups is 1. The molecule has 0 amide bonds. The summed E-state index contributed by atoms with van der Waals surface area (Å²) in [4.78, 5) is 16.6. The molecule has 1 fully saturated rings. The van der Waals surface area contributed by atoms with E-state index in [-0.39, 0.29) is 24.0 Å². The molecule has 4 nitrogen and oxygen atoms in total. The maximum atomic E-state index is 13.3. The first-order chi connectivity index (χ1) is 10.2. The third-order valence-corrected chi connectivity index (χ3v) is 3.26. The van der Waals surface area contributed by atoms with Crippen molar-refractivity contribution in [1.82, 2.24) is 10.8 Å². The summed E-state index contributed by atoms with van der Waals surface area (Å²) in [6.45, 7) is 1.78. The fourth-order valence-corrected chi connectivity index (χ4v) is 2.13. The van der Waals surface area contributed by atoms with Crippen LogP contribution in [-0.4, -0.2) is 25.6 Å². The van der Waals surface area contributed by atoms with E-state index in [0.29, 0.717) is 6.54 Å². The molecule has 2 N–H and O–H groups in total. The second-order valence-corrected chi connectivity index (χ2v) is 4.88. The predicted octanol–water partition coefficient (Wildman–Crippen LogP) is 2.03. The van der Waals surface area contributed by atoms with Crippen LogP contribution in [0.1, 0.15) is 18.4 Å². The molecule has 1 atom stereocenters. The van der Waals surface area contributed by atoms with E-state index in [0.717, 1.165) is 37.6 Å². The van der Waals surface area contributed by atoms with Gasteiger partial charge in [-0.2, -0.15) is 0 Å². The van der Waals surface area contributed by atoms with Gasteiger partial charge in [0, 0.05) is 12.1 Å². The lowest BCUT2D eigenvalue weighted by Gasteiger charge is -2.20. The van der Waals surface area contributed by atoms with Crippen LogP contribution in [0.2, 0.25) is 0 Å². The van der Waals surface area contributed by atoms with Crippen LogP contribution in [0, 0.1) is 17.6 Å². The summed E-state index contributed by atoms with van der Waals surface area (Å²) in [7, 11) is 0. The van der Waals surface area contributed by atoms with Crippen LogP contribution in [0.5, 0.6) is 0 Å². The van der Waals surface area contributed by atoms with Crippen molar-refractivity contribution in [3.05, 3.63) is 41.5 Å². The highest BCUT2D eigenvalue weighted by Gasteiger charge is 2.22. The molecule has 0 radical (unpaired) electrons. The molecule has 1 heterocycles. The van der Waals surface area contributed by atoms with Gasteiger partial charge in [0.2, 0.25) is 0 Å². The summed E-state index contributed by atoms with van der Waals surface area (Å²) >= 11 is 0. The summed E-state index contributed by atoms with van der Waals surface area (Å²) < 4.78 is 26.3. The molecule has 1 aromatic carbocycles. The van der Waals surface area contributed by atoms with Gasteiger partial charge in [0.05, 0.1) is 12.5 Å². The summed E-state index contributed by atoms with van der Waals surface area (Å²) in [6, 6.07) is 3.23. The third kappa shape index (κ3) is 4.91. The lowest BCUT2D eigenvalue weighted by Crippen LogP contribution is -2.37. The first-order valence-corrected chi connectivity index (χ1v) is 6.92. The average molecular weight is 296 g/mol. The van der Waals surface area contributed by atoms with Crippen LogP contribution >= 0.6 is 0 Å². The Morgan fingerprint density at radius 1 is 1.48 bits per heavy atom. The number of benzene rings is 1. The van der Waals surface area contributed by atoms with Gasteiger partial charge in [0.1, 0.15) is 11.6 Å². The molecular weight excluding hydrogens is 278 g/mol. The van der Waals surface area contributed by atoms with Crippen molar-refractivity contribution >= 4 is 12.0 Å². The minimum absolute atomic E-state index is 0.129. The Kier molecular flexibility index (Phi) is 5.83. The van der Waals surface area contributed by atoms with Crippen molar-refractivity contribution in [2.75, 3.05) is 19.6 Å². The lowest BCUT2D eigenvalue weighted by atomic mass is 10.0. The first kappa shape index (κ1) is 15.6. The fraction of sp³-hybridized carbons (Fsp3) is 0.400. The van der Waals surface area contributed by atoms with E-state index in [2.05, 4.69) is 10.8 Å². The molecule has 1 unspecified atom stereocenters. The molecule has 1 aliphatic heterocycles. The number of rotatable bonds is 5. The number of carbonyl (C=O) groups is 1. The highest BCUT2D eigenvalue weighted by atomic mass is 19.1. The normalized spacial score (nSPS) is 18.9. The second kappa shape index (κ2) is 7.85. The van der Waals surface area contributed by atoms with Gasteiger partial charge in [-0.3, -0.25) is 4.79 Å². The van der Waals surface area contributed by atoms with Crippen molar-refractivity contribution in [2.24, 2.45) is 5.92 Å². The third-order valence-electron chi connectivity index (χ3n) is 3.26. The standard InChI is InChI=1S/C15H18F2N2O2/c16-13-5-6-14(17)11(9-13)3-2-8-19-21-15(20)12-4-1-7-18-10-12/h2-3,5-6,9,12,18-19H,1,4,7-8,10H2/b3-2+.